The van der Waals surface area contributed by atoms with Gasteiger partial charge in [0.2, 0.25) is 0 Å². The molecule has 1 heterocycles. The summed E-state index contributed by atoms with van der Waals surface area (Å²) in [5.74, 6) is 1.05. The molecule has 11 heavy (non-hydrogen) atoms. The fourth-order valence-electron chi connectivity index (χ4n) is 1.83. The molecule has 0 bridgehead atoms. The van der Waals surface area contributed by atoms with Gasteiger partial charge in [-0.25, -0.2) is 0 Å². The first-order valence-corrected chi connectivity index (χ1v) is 4.23. The summed E-state index contributed by atoms with van der Waals surface area (Å²) in [6, 6.07) is 0. The Morgan fingerprint density at radius 1 is 1.09 bits per heavy atom. The van der Waals surface area contributed by atoms with Crippen LogP contribution in [0.2, 0.25) is 0 Å². The van der Waals surface area contributed by atoms with Crippen molar-refractivity contribution >= 4 is 0 Å². The van der Waals surface area contributed by atoms with E-state index in [0.29, 0.717) is 11.8 Å². The molecule has 3 heteroatoms. The average molecular weight is 158 g/mol. The van der Waals surface area contributed by atoms with Gasteiger partial charge < -0.3 is 14.9 Å². The summed E-state index contributed by atoms with van der Waals surface area (Å²) in [5, 5.41) is 18.1. The second-order valence-corrected chi connectivity index (χ2v) is 3.63. The Morgan fingerprint density at radius 2 is 1.73 bits per heavy atom. The standard InChI is InChI=1S/C8H14O3/c9-8(10)7(5-1-2-5)6-3-11-4-6/h5-10H,1-4H2. The lowest BCUT2D eigenvalue weighted by molar-refractivity contribution is -0.159. The predicted molar refractivity (Wildman–Crippen MR) is 38.7 cm³/mol. The summed E-state index contributed by atoms with van der Waals surface area (Å²) < 4.78 is 5.02. The third-order valence-corrected chi connectivity index (χ3v) is 2.72. The molecule has 1 unspecified atom stereocenters. The van der Waals surface area contributed by atoms with Crippen LogP contribution in [0.25, 0.3) is 0 Å². The van der Waals surface area contributed by atoms with Gasteiger partial charge in [0, 0.05) is 11.8 Å². The molecule has 1 aliphatic heterocycles. The summed E-state index contributed by atoms with van der Waals surface area (Å²) in [6.07, 6.45) is 1.20. The van der Waals surface area contributed by atoms with Gasteiger partial charge in [-0.1, -0.05) is 0 Å². The normalized spacial score (nSPS) is 28.6. The van der Waals surface area contributed by atoms with Crippen molar-refractivity contribution < 1.29 is 14.9 Å². The first-order chi connectivity index (χ1) is 5.29. The highest BCUT2D eigenvalue weighted by atomic mass is 16.5. The quantitative estimate of drug-likeness (QED) is 0.567. The summed E-state index contributed by atoms with van der Waals surface area (Å²) in [5.41, 5.74) is 0. The van der Waals surface area contributed by atoms with Crippen LogP contribution < -0.4 is 0 Å². The molecule has 0 radical (unpaired) electrons. The van der Waals surface area contributed by atoms with Crippen LogP contribution in [0, 0.1) is 17.8 Å². The summed E-state index contributed by atoms with van der Waals surface area (Å²) in [7, 11) is 0. The molecule has 2 fully saturated rings. The second kappa shape index (κ2) is 2.73. The van der Waals surface area contributed by atoms with E-state index in [1.165, 1.54) is 12.8 Å². The van der Waals surface area contributed by atoms with E-state index in [0.717, 1.165) is 13.2 Å². The minimum Gasteiger partial charge on any atom is -0.381 e. The Bertz CT molecular complexity index is 136. The lowest BCUT2D eigenvalue weighted by atomic mass is 9.86. The Hall–Kier alpha value is -0.120. The molecule has 1 saturated heterocycles. The topological polar surface area (TPSA) is 49.7 Å². The fourth-order valence-corrected chi connectivity index (χ4v) is 1.83. The minimum absolute atomic E-state index is 0.0868. The highest BCUT2D eigenvalue weighted by Gasteiger charge is 2.43. The van der Waals surface area contributed by atoms with Crippen molar-refractivity contribution in [1.29, 1.82) is 0 Å². The molecule has 0 spiro atoms. The monoisotopic (exact) mass is 158 g/mol. The molecule has 0 amide bonds. The molecule has 0 aromatic rings. The highest BCUT2D eigenvalue weighted by Crippen LogP contribution is 2.43. The van der Waals surface area contributed by atoms with Gasteiger partial charge >= 0.3 is 0 Å². The van der Waals surface area contributed by atoms with E-state index in [2.05, 4.69) is 0 Å². The maximum absolute atomic E-state index is 9.06. The van der Waals surface area contributed by atoms with Crippen LogP contribution >= 0.6 is 0 Å². The van der Waals surface area contributed by atoms with E-state index in [-0.39, 0.29) is 5.92 Å². The van der Waals surface area contributed by atoms with Gasteiger partial charge in [0.25, 0.3) is 0 Å². The van der Waals surface area contributed by atoms with E-state index in [1.54, 1.807) is 0 Å². The maximum atomic E-state index is 9.06. The average Bonchev–Trinajstić information content (AvgIpc) is 2.58. The van der Waals surface area contributed by atoms with Gasteiger partial charge in [0.15, 0.2) is 6.29 Å². The second-order valence-electron chi connectivity index (χ2n) is 3.63. The SMILES string of the molecule is OC(O)C(C1CC1)C1COC1. The number of rotatable bonds is 3. The van der Waals surface area contributed by atoms with E-state index in [4.69, 9.17) is 14.9 Å². The van der Waals surface area contributed by atoms with Crippen molar-refractivity contribution in [3.63, 3.8) is 0 Å². The molecule has 2 N–H and O–H groups in total. The van der Waals surface area contributed by atoms with E-state index in [9.17, 15) is 0 Å². The Morgan fingerprint density at radius 3 is 2.00 bits per heavy atom. The molecule has 1 saturated carbocycles. The van der Waals surface area contributed by atoms with Gasteiger partial charge in [-0.2, -0.15) is 0 Å². The fraction of sp³-hybridized carbons (Fsp3) is 1.00. The predicted octanol–water partition coefficient (Wildman–Crippen LogP) is -0.0303. The first-order valence-electron chi connectivity index (χ1n) is 4.23. The van der Waals surface area contributed by atoms with Crippen LogP contribution in [0.3, 0.4) is 0 Å². The van der Waals surface area contributed by atoms with Crippen molar-refractivity contribution in [1.82, 2.24) is 0 Å². The van der Waals surface area contributed by atoms with E-state index in [1.807, 2.05) is 0 Å². The van der Waals surface area contributed by atoms with Crippen LogP contribution in [-0.2, 0) is 4.74 Å². The minimum atomic E-state index is -1.13. The van der Waals surface area contributed by atoms with Crippen molar-refractivity contribution in [2.75, 3.05) is 13.2 Å². The summed E-state index contributed by atoms with van der Waals surface area (Å²) in [6.45, 7) is 1.44. The number of aliphatic hydroxyl groups is 2. The Kier molecular flexibility index (Phi) is 1.87. The maximum Gasteiger partial charge on any atom is 0.154 e. The lowest BCUT2D eigenvalue weighted by Crippen LogP contribution is -2.41. The molecular formula is C8H14O3. The molecule has 0 aromatic heterocycles. The number of ether oxygens (including phenoxy) is 1. The Balaban J connectivity index is 1.91. The van der Waals surface area contributed by atoms with Crippen LogP contribution in [0.15, 0.2) is 0 Å². The van der Waals surface area contributed by atoms with E-state index >= 15 is 0 Å². The third kappa shape index (κ3) is 1.41. The molecule has 1 atom stereocenters. The first kappa shape index (κ1) is 7.53. The third-order valence-electron chi connectivity index (χ3n) is 2.72. The van der Waals surface area contributed by atoms with Crippen LogP contribution in [0.5, 0.6) is 0 Å². The number of hydrogen-bond donors (Lipinski definition) is 2. The largest absolute Gasteiger partial charge is 0.381 e. The van der Waals surface area contributed by atoms with Crippen LogP contribution in [0.1, 0.15) is 12.8 Å². The highest BCUT2D eigenvalue weighted by molar-refractivity contribution is 4.88. The lowest BCUT2D eigenvalue weighted by Gasteiger charge is -2.34. The van der Waals surface area contributed by atoms with Crippen molar-refractivity contribution in [3.8, 4) is 0 Å². The molecule has 3 nitrogen and oxygen atoms in total. The summed E-state index contributed by atoms with van der Waals surface area (Å²) >= 11 is 0. The van der Waals surface area contributed by atoms with Gasteiger partial charge in [0.05, 0.1) is 13.2 Å². The zero-order valence-corrected chi connectivity index (χ0v) is 6.44. The van der Waals surface area contributed by atoms with Gasteiger partial charge in [0.1, 0.15) is 0 Å². The molecule has 64 valence electrons. The van der Waals surface area contributed by atoms with Gasteiger partial charge in [-0.05, 0) is 18.8 Å². The molecule has 2 rings (SSSR count). The molecule has 1 aliphatic carbocycles. The van der Waals surface area contributed by atoms with Gasteiger partial charge in [-0.3, -0.25) is 0 Å². The molecular weight excluding hydrogens is 144 g/mol. The number of hydrogen-bond acceptors (Lipinski definition) is 3. The van der Waals surface area contributed by atoms with Crippen LogP contribution in [0.4, 0.5) is 0 Å². The van der Waals surface area contributed by atoms with Gasteiger partial charge in [-0.15, -0.1) is 0 Å². The zero-order valence-electron chi connectivity index (χ0n) is 6.44. The molecule has 0 aromatic carbocycles. The smallest absolute Gasteiger partial charge is 0.154 e. The van der Waals surface area contributed by atoms with Crippen molar-refractivity contribution in [2.24, 2.45) is 17.8 Å². The van der Waals surface area contributed by atoms with Crippen LogP contribution in [-0.4, -0.2) is 29.7 Å². The molecule has 2 aliphatic rings. The van der Waals surface area contributed by atoms with E-state index < -0.39 is 6.29 Å². The van der Waals surface area contributed by atoms with Crippen molar-refractivity contribution in [3.05, 3.63) is 0 Å². The Labute approximate surface area is 66.0 Å². The number of aliphatic hydroxyl groups excluding tert-OH is 1. The van der Waals surface area contributed by atoms with Crippen molar-refractivity contribution in [2.45, 2.75) is 19.1 Å². The zero-order chi connectivity index (χ0) is 7.84. The summed E-state index contributed by atoms with van der Waals surface area (Å²) in [4.78, 5) is 0.